The Kier molecular flexibility index (Phi) is 4.61. The summed E-state index contributed by atoms with van der Waals surface area (Å²) in [6, 6.07) is 1.79. The lowest BCUT2D eigenvalue weighted by Gasteiger charge is -2.31. The van der Waals surface area contributed by atoms with Gasteiger partial charge in [-0.25, -0.2) is 9.97 Å². The Morgan fingerprint density at radius 2 is 2.22 bits per heavy atom. The number of carbonyl (C=O) groups excluding carboxylic acids is 1. The number of nitrogens with one attached hydrogen (secondary N) is 1. The van der Waals surface area contributed by atoms with Gasteiger partial charge in [-0.1, -0.05) is 13.8 Å². The molecule has 0 aromatic carbocycles. The molecular formula is C17H24N4O2. The van der Waals surface area contributed by atoms with Gasteiger partial charge in [-0.15, -0.1) is 0 Å². The molecular weight excluding hydrogens is 292 g/mol. The third-order valence-electron chi connectivity index (χ3n) is 4.33. The summed E-state index contributed by atoms with van der Waals surface area (Å²) in [4.78, 5) is 20.9. The van der Waals surface area contributed by atoms with Crippen molar-refractivity contribution in [1.82, 2.24) is 19.9 Å². The van der Waals surface area contributed by atoms with Crippen LogP contribution in [-0.2, 0) is 6.54 Å². The van der Waals surface area contributed by atoms with Crippen LogP contribution in [0.5, 0.6) is 0 Å². The normalized spacial score (nSPS) is 20.7. The number of fused-ring (bicyclic) bond motifs is 1. The lowest BCUT2D eigenvalue weighted by atomic mass is 9.80. The standard InChI is InChI=1S/C17H24N4O2/c1-11(2)9-21-10-20-15-7-13(8-19-16(15)21)17(23)18-4-3-12-5-14(22)6-12/h7-8,10-12,14,22H,3-6,9H2,1-2H3,(H,18,23). The highest BCUT2D eigenvalue weighted by molar-refractivity contribution is 5.96. The minimum atomic E-state index is -0.136. The third kappa shape index (κ3) is 3.69. The van der Waals surface area contributed by atoms with E-state index in [4.69, 9.17) is 0 Å². The molecule has 2 aromatic heterocycles. The molecule has 1 aliphatic rings. The van der Waals surface area contributed by atoms with Crippen LogP contribution >= 0.6 is 0 Å². The van der Waals surface area contributed by atoms with Crippen molar-refractivity contribution < 1.29 is 9.90 Å². The Balaban J connectivity index is 1.60. The SMILES string of the molecule is CC(C)Cn1cnc2cc(C(=O)NCCC3CC(O)C3)cnc21. The van der Waals surface area contributed by atoms with E-state index in [1.165, 1.54) is 0 Å². The van der Waals surface area contributed by atoms with Crippen molar-refractivity contribution >= 4 is 17.1 Å². The Morgan fingerprint density at radius 3 is 2.91 bits per heavy atom. The van der Waals surface area contributed by atoms with E-state index < -0.39 is 0 Å². The van der Waals surface area contributed by atoms with Gasteiger partial charge in [0, 0.05) is 19.3 Å². The predicted octanol–water partition coefficient (Wildman–Crippen LogP) is 1.98. The van der Waals surface area contributed by atoms with Gasteiger partial charge in [-0.05, 0) is 37.2 Å². The largest absolute Gasteiger partial charge is 0.393 e. The third-order valence-corrected chi connectivity index (χ3v) is 4.33. The molecule has 0 saturated heterocycles. The Hall–Kier alpha value is -1.95. The molecule has 1 aliphatic carbocycles. The average Bonchev–Trinajstić information content (AvgIpc) is 2.87. The van der Waals surface area contributed by atoms with Crippen molar-refractivity contribution in [2.24, 2.45) is 11.8 Å². The smallest absolute Gasteiger partial charge is 0.252 e. The first kappa shape index (κ1) is 15.9. The minimum absolute atomic E-state index is 0.113. The first-order chi connectivity index (χ1) is 11.0. The van der Waals surface area contributed by atoms with Crippen LogP contribution in [0.3, 0.4) is 0 Å². The number of nitrogens with zero attached hydrogens (tertiary/aromatic N) is 3. The van der Waals surface area contributed by atoms with E-state index in [-0.39, 0.29) is 12.0 Å². The van der Waals surface area contributed by atoms with Crippen molar-refractivity contribution in [3.63, 3.8) is 0 Å². The number of aliphatic hydroxyl groups is 1. The fourth-order valence-electron chi connectivity index (χ4n) is 3.03. The molecule has 0 bridgehead atoms. The minimum Gasteiger partial charge on any atom is -0.393 e. The van der Waals surface area contributed by atoms with Crippen molar-refractivity contribution in [2.75, 3.05) is 6.54 Å². The summed E-state index contributed by atoms with van der Waals surface area (Å²) >= 11 is 0. The van der Waals surface area contributed by atoms with Gasteiger partial charge in [-0.2, -0.15) is 0 Å². The molecule has 2 N–H and O–H groups in total. The molecule has 1 saturated carbocycles. The zero-order valence-corrected chi connectivity index (χ0v) is 13.7. The lowest BCUT2D eigenvalue weighted by Crippen LogP contribution is -2.32. The molecule has 0 aliphatic heterocycles. The molecule has 124 valence electrons. The van der Waals surface area contributed by atoms with E-state index >= 15 is 0 Å². The molecule has 1 amide bonds. The van der Waals surface area contributed by atoms with Crippen LogP contribution < -0.4 is 5.32 Å². The summed E-state index contributed by atoms with van der Waals surface area (Å²) in [5.41, 5.74) is 2.11. The van der Waals surface area contributed by atoms with Crippen LogP contribution in [0.4, 0.5) is 0 Å². The van der Waals surface area contributed by atoms with E-state index in [0.29, 0.717) is 23.9 Å². The molecule has 0 unspecified atom stereocenters. The maximum atomic E-state index is 12.2. The van der Waals surface area contributed by atoms with Gasteiger partial charge in [0.15, 0.2) is 5.65 Å². The molecule has 0 spiro atoms. The molecule has 1 fully saturated rings. The zero-order valence-electron chi connectivity index (χ0n) is 13.7. The van der Waals surface area contributed by atoms with Gasteiger partial charge < -0.3 is 15.0 Å². The van der Waals surface area contributed by atoms with Crippen LogP contribution in [0.25, 0.3) is 11.2 Å². The van der Waals surface area contributed by atoms with E-state index in [1.807, 2.05) is 4.57 Å². The Labute approximate surface area is 135 Å². The van der Waals surface area contributed by atoms with Crippen molar-refractivity contribution in [2.45, 2.75) is 45.8 Å². The molecule has 0 radical (unpaired) electrons. The number of aliphatic hydroxyl groups excluding tert-OH is 1. The molecule has 2 aromatic rings. The number of pyridine rings is 1. The highest BCUT2D eigenvalue weighted by Gasteiger charge is 2.26. The second kappa shape index (κ2) is 6.66. The van der Waals surface area contributed by atoms with E-state index in [1.54, 1.807) is 18.6 Å². The molecule has 6 heteroatoms. The summed E-state index contributed by atoms with van der Waals surface area (Å²) < 4.78 is 2.02. The zero-order chi connectivity index (χ0) is 16.4. The van der Waals surface area contributed by atoms with Gasteiger partial charge in [0.1, 0.15) is 5.52 Å². The highest BCUT2D eigenvalue weighted by atomic mass is 16.3. The van der Waals surface area contributed by atoms with Gasteiger partial charge in [0.25, 0.3) is 5.91 Å². The maximum Gasteiger partial charge on any atom is 0.252 e. The summed E-state index contributed by atoms with van der Waals surface area (Å²) in [5.74, 6) is 0.942. The van der Waals surface area contributed by atoms with Crippen molar-refractivity contribution in [1.29, 1.82) is 0 Å². The summed E-state index contributed by atoms with van der Waals surface area (Å²) in [7, 11) is 0. The number of hydrogen-bond donors (Lipinski definition) is 2. The second-order valence-electron chi connectivity index (χ2n) is 6.89. The van der Waals surface area contributed by atoms with Gasteiger partial charge >= 0.3 is 0 Å². The fraction of sp³-hybridized carbons (Fsp3) is 0.588. The molecule has 2 heterocycles. The highest BCUT2D eigenvalue weighted by Crippen LogP contribution is 2.29. The topological polar surface area (TPSA) is 80.0 Å². The van der Waals surface area contributed by atoms with E-state index in [0.717, 1.165) is 37.0 Å². The summed E-state index contributed by atoms with van der Waals surface area (Å²) in [5, 5.41) is 12.2. The Morgan fingerprint density at radius 1 is 1.43 bits per heavy atom. The molecule has 0 atom stereocenters. The number of imidazole rings is 1. The number of hydrogen-bond acceptors (Lipinski definition) is 4. The number of amides is 1. The molecule has 6 nitrogen and oxygen atoms in total. The first-order valence-electron chi connectivity index (χ1n) is 8.30. The summed E-state index contributed by atoms with van der Waals surface area (Å²) in [6.07, 6.45) is 5.89. The predicted molar refractivity (Wildman–Crippen MR) is 88.0 cm³/mol. The molecule has 23 heavy (non-hydrogen) atoms. The monoisotopic (exact) mass is 316 g/mol. The van der Waals surface area contributed by atoms with Crippen LogP contribution in [-0.4, -0.2) is 38.2 Å². The number of rotatable bonds is 6. The average molecular weight is 316 g/mol. The summed E-state index contributed by atoms with van der Waals surface area (Å²) in [6.45, 7) is 5.79. The first-order valence-corrected chi connectivity index (χ1v) is 8.30. The second-order valence-corrected chi connectivity index (χ2v) is 6.89. The lowest BCUT2D eigenvalue weighted by molar-refractivity contribution is 0.0393. The Bertz CT molecular complexity index is 689. The van der Waals surface area contributed by atoms with E-state index in [2.05, 4.69) is 29.1 Å². The van der Waals surface area contributed by atoms with Crippen LogP contribution in [0.1, 0.15) is 43.5 Å². The van der Waals surface area contributed by atoms with Crippen molar-refractivity contribution in [3.05, 3.63) is 24.2 Å². The van der Waals surface area contributed by atoms with Crippen LogP contribution in [0.15, 0.2) is 18.6 Å². The maximum absolute atomic E-state index is 12.2. The van der Waals surface area contributed by atoms with Crippen LogP contribution in [0, 0.1) is 11.8 Å². The van der Waals surface area contributed by atoms with Gasteiger partial charge in [-0.3, -0.25) is 4.79 Å². The van der Waals surface area contributed by atoms with Gasteiger partial charge in [0.05, 0.1) is 18.0 Å². The van der Waals surface area contributed by atoms with E-state index in [9.17, 15) is 9.90 Å². The number of carbonyl (C=O) groups is 1. The van der Waals surface area contributed by atoms with Gasteiger partial charge in [0.2, 0.25) is 0 Å². The fourth-order valence-corrected chi connectivity index (χ4v) is 3.03. The quantitative estimate of drug-likeness (QED) is 0.854. The van der Waals surface area contributed by atoms with Crippen LogP contribution in [0.2, 0.25) is 0 Å². The van der Waals surface area contributed by atoms with Crippen molar-refractivity contribution in [3.8, 4) is 0 Å². The number of aromatic nitrogens is 3. The molecule has 3 rings (SSSR count).